The van der Waals surface area contributed by atoms with Gasteiger partial charge in [0.15, 0.2) is 0 Å². The second-order valence-electron chi connectivity index (χ2n) is 8.97. The summed E-state index contributed by atoms with van der Waals surface area (Å²) in [6.07, 6.45) is 6.22. The highest BCUT2D eigenvalue weighted by molar-refractivity contribution is 5.99. The number of carbonyl (C=O) groups excluding carboxylic acids is 2. The molecule has 3 aromatic rings. The van der Waals surface area contributed by atoms with E-state index in [1.807, 2.05) is 13.0 Å². The van der Waals surface area contributed by atoms with Crippen LogP contribution in [0.2, 0.25) is 0 Å². The fraction of sp³-hybridized carbons (Fsp3) is 0.370. The highest BCUT2D eigenvalue weighted by Gasteiger charge is 2.26. The maximum Gasteiger partial charge on any atom is 0.259 e. The van der Waals surface area contributed by atoms with E-state index in [4.69, 9.17) is 4.42 Å². The quantitative estimate of drug-likeness (QED) is 0.462. The summed E-state index contributed by atoms with van der Waals surface area (Å²) in [6, 6.07) is 10.0. The standard InChI is InChI=1S/C27H31FN4O4/c1-2-3-9-29-26(34)23-18-31(17-22-8-5-14-36-22)19-24(25(23)33)27(35)32-12-10-30(11-13-32)16-20-6-4-7-21(28)15-20/h4-8,14-15,18-19H,2-3,9-13,16-17H2,1H3,(H,29,34). The lowest BCUT2D eigenvalue weighted by atomic mass is 10.1. The Hall–Kier alpha value is -3.72. The van der Waals surface area contributed by atoms with Crippen molar-refractivity contribution in [3.05, 3.63) is 93.5 Å². The third kappa shape index (κ3) is 6.28. The van der Waals surface area contributed by atoms with Gasteiger partial charge in [-0.25, -0.2) is 4.39 Å². The number of rotatable bonds is 9. The second-order valence-corrected chi connectivity index (χ2v) is 8.97. The van der Waals surface area contributed by atoms with Crippen LogP contribution < -0.4 is 10.7 Å². The molecule has 1 aliphatic heterocycles. The number of nitrogens with zero attached hydrogens (tertiary/aromatic N) is 3. The van der Waals surface area contributed by atoms with Gasteiger partial charge < -0.3 is 19.2 Å². The van der Waals surface area contributed by atoms with Crippen LogP contribution in [0.15, 0.2) is 64.3 Å². The smallest absolute Gasteiger partial charge is 0.259 e. The molecule has 2 aromatic heterocycles. The Morgan fingerprint density at radius 3 is 2.50 bits per heavy atom. The van der Waals surface area contributed by atoms with E-state index in [1.165, 1.54) is 24.5 Å². The summed E-state index contributed by atoms with van der Waals surface area (Å²) in [5, 5.41) is 2.77. The summed E-state index contributed by atoms with van der Waals surface area (Å²) in [5.41, 5.74) is 0.195. The van der Waals surface area contributed by atoms with Crippen LogP contribution in [0.5, 0.6) is 0 Å². The Labute approximate surface area is 209 Å². The van der Waals surface area contributed by atoms with E-state index < -0.39 is 17.2 Å². The van der Waals surface area contributed by atoms with Gasteiger partial charge in [-0.2, -0.15) is 0 Å². The molecule has 4 rings (SSSR count). The van der Waals surface area contributed by atoms with Crippen LogP contribution in [-0.4, -0.2) is 58.9 Å². The molecule has 1 N–H and O–H groups in total. The van der Waals surface area contributed by atoms with Crippen molar-refractivity contribution in [1.29, 1.82) is 0 Å². The third-order valence-electron chi connectivity index (χ3n) is 6.24. The maximum absolute atomic E-state index is 13.5. The minimum Gasteiger partial charge on any atom is -0.467 e. The molecule has 0 spiro atoms. The Morgan fingerprint density at radius 1 is 1.03 bits per heavy atom. The molecule has 36 heavy (non-hydrogen) atoms. The Kier molecular flexibility index (Phi) is 8.32. The van der Waals surface area contributed by atoms with Gasteiger partial charge in [-0.3, -0.25) is 19.3 Å². The lowest BCUT2D eigenvalue weighted by Gasteiger charge is -2.34. The monoisotopic (exact) mass is 494 g/mol. The van der Waals surface area contributed by atoms with Crippen molar-refractivity contribution in [2.24, 2.45) is 0 Å². The van der Waals surface area contributed by atoms with E-state index in [0.717, 1.165) is 18.4 Å². The predicted octanol–water partition coefficient (Wildman–Crippen LogP) is 3.12. The van der Waals surface area contributed by atoms with Gasteiger partial charge in [-0.15, -0.1) is 0 Å². The number of furan rings is 1. The summed E-state index contributed by atoms with van der Waals surface area (Å²) >= 11 is 0. The zero-order chi connectivity index (χ0) is 25.5. The van der Waals surface area contributed by atoms with Crippen LogP contribution in [-0.2, 0) is 13.1 Å². The summed E-state index contributed by atoms with van der Waals surface area (Å²) in [7, 11) is 0. The van der Waals surface area contributed by atoms with Gasteiger partial charge in [0, 0.05) is 51.7 Å². The average molecular weight is 495 g/mol. The van der Waals surface area contributed by atoms with Crippen LogP contribution >= 0.6 is 0 Å². The number of halogens is 1. The topological polar surface area (TPSA) is 87.8 Å². The van der Waals surface area contributed by atoms with Crippen molar-refractivity contribution >= 4 is 11.8 Å². The zero-order valence-corrected chi connectivity index (χ0v) is 20.4. The normalized spacial score (nSPS) is 14.1. The molecule has 190 valence electrons. The fourth-order valence-electron chi connectivity index (χ4n) is 4.27. The first-order chi connectivity index (χ1) is 17.4. The molecule has 0 radical (unpaired) electrons. The minimum atomic E-state index is -0.577. The number of carbonyl (C=O) groups is 2. The molecule has 0 bridgehead atoms. The van der Waals surface area contributed by atoms with E-state index in [0.29, 0.717) is 45.0 Å². The van der Waals surface area contributed by atoms with Crippen molar-refractivity contribution in [3.63, 3.8) is 0 Å². The van der Waals surface area contributed by atoms with E-state index in [9.17, 15) is 18.8 Å². The van der Waals surface area contributed by atoms with E-state index in [2.05, 4.69) is 10.2 Å². The molecule has 3 heterocycles. The minimum absolute atomic E-state index is 0.0386. The summed E-state index contributed by atoms with van der Waals surface area (Å²) in [5.74, 6) is -0.524. The third-order valence-corrected chi connectivity index (χ3v) is 6.24. The van der Waals surface area contributed by atoms with Crippen LogP contribution in [0.25, 0.3) is 0 Å². The lowest BCUT2D eigenvalue weighted by molar-refractivity contribution is 0.0626. The van der Waals surface area contributed by atoms with Crippen molar-refractivity contribution in [1.82, 2.24) is 19.7 Å². The van der Waals surface area contributed by atoms with Gasteiger partial charge in [-0.1, -0.05) is 25.5 Å². The van der Waals surface area contributed by atoms with E-state index in [1.54, 1.807) is 33.9 Å². The van der Waals surface area contributed by atoms with Crippen LogP contribution in [0.1, 0.15) is 51.8 Å². The van der Waals surface area contributed by atoms with Crippen LogP contribution in [0.4, 0.5) is 4.39 Å². The van der Waals surface area contributed by atoms with Crippen molar-refractivity contribution in [2.45, 2.75) is 32.9 Å². The molecule has 1 aliphatic rings. The Morgan fingerprint density at radius 2 is 1.81 bits per heavy atom. The highest BCUT2D eigenvalue weighted by atomic mass is 19.1. The van der Waals surface area contributed by atoms with Gasteiger partial charge in [0.05, 0.1) is 12.8 Å². The number of aromatic nitrogens is 1. The van der Waals surface area contributed by atoms with Gasteiger partial charge in [0.25, 0.3) is 11.8 Å². The van der Waals surface area contributed by atoms with Crippen molar-refractivity contribution in [3.8, 4) is 0 Å². The maximum atomic E-state index is 13.5. The molecular formula is C27H31FN4O4. The highest BCUT2D eigenvalue weighted by Crippen LogP contribution is 2.13. The molecule has 9 heteroatoms. The molecule has 0 atom stereocenters. The number of nitrogens with one attached hydrogen (secondary N) is 1. The number of hydrogen-bond donors (Lipinski definition) is 1. The average Bonchev–Trinajstić information content (AvgIpc) is 3.38. The summed E-state index contributed by atoms with van der Waals surface area (Å²) < 4.78 is 20.6. The molecule has 0 unspecified atom stereocenters. The SMILES string of the molecule is CCCCNC(=O)c1cn(Cc2ccco2)cc(C(=O)N2CCN(Cc3cccc(F)c3)CC2)c1=O. The number of pyridine rings is 1. The van der Waals surface area contributed by atoms with E-state index >= 15 is 0 Å². The summed E-state index contributed by atoms with van der Waals surface area (Å²) in [4.78, 5) is 43.2. The van der Waals surface area contributed by atoms with E-state index in [-0.39, 0.29) is 23.5 Å². The number of benzene rings is 1. The molecule has 0 aliphatic carbocycles. The van der Waals surface area contributed by atoms with Crippen LogP contribution in [0, 0.1) is 5.82 Å². The van der Waals surface area contributed by atoms with Gasteiger partial charge in [0.2, 0.25) is 5.43 Å². The molecule has 1 fully saturated rings. The Bertz CT molecular complexity index is 1250. The molecule has 8 nitrogen and oxygen atoms in total. The number of hydrogen-bond acceptors (Lipinski definition) is 5. The molecular weight excluding hydrogens is 463 g/mol. The molecule has 0 saturated carbocycles. The first kappa shape index (κ1) is 25.4. The zero-order valence-electron chi connectivity index (χ0n) is 20.4. The largest absolute Gasteiger partial charge is 0.467 e. The van der Waals surface area contributed by atoms with Gasteiger partial charge >= 0.3 is 0 Å². The first-order valence-corrected chi connectivity index (χ1v) is 12.3. The molecule has 1 aromatic carbocycles. The first-order valence-electron chi connectivity index (χ1n) is 12.3. The lowest BCUT2D eigenvalue weighted by Crippen LogP contribution is -2.49. The number of amides is 2. The van der Waals surface area contributed by atoms with Gasteiger partial charge in [0.1, 0.15) is 22.7 Å². The Balaban J connectivity index is 1.51. The fourth-order valence-corrected chi connectivity index (χ4v) is 4.27. The van der Waals surface area contributed by atoms with Crippen molar-refractivity contribution in [2.75, 3.05) is 32.7 Å². The number of piperazine rings is 1. The molecule has 2 amide bonds. The molecule has 1 saturated heterocycles. The van der Waals surface area contributed by atoms with Gasteiger partial charge in [-0.05, 0) is 36.2 Å². The number of unbranched alkanes of at least 4 members (excludes halogenated alkanes) is 1. The predicted molar refractivity (Wildman–Crippen MR) is 133 cm³/mol. The van der Waals surface area contributed by atoms with Crippen LogP contribution in [0.3, 0.4) is 0 Å². The second kappa shape index (κ2) is 11.8. The van der Waals surface area contributed by atoms with Crippen molar-refractivity contribution < 1.29 is 18.4 Å². The summed E-state index contributed by atoms with van der Waals surface area (Å²) in [6.45, 7) is 5.39.